The number of hydrogen-bond donors (Lipinski definition) is 1. The summed E-state index contributed by atoms with van der Waals surface area (Å²) in [7, 11) is 0. The molecule has 118 valence electrons. The van der Waals surface area contributed by atoms with Crippen molar-refractivity contribution in [3.8, 4) is 0 Å². The largest absolute Gasteiger partial charge is 0.337 e. The average molecular weight is 367 g/mol. The zero-order valence-electron chi connectivity index (χ0n) is 12.3. The molecule has 22 heavy (non-hydrogen) atoms. The maximum absolute atomic E-state index is 12.6. The first-order valence-electron chi connectivity index (χ1n) is 7.55. The van der Waals surface area contributed by atoms with Crippen LogP contribution in [0.25, 0.3) is 0 Å². The lowest BCUT2D eigenvalue weighted by Gasteiger charge is -2.41. The molecule has 2 aliphatic heterocycles. The van der Waals surface area contributed by atoms with Crippen LogP contribution in [-0.2, 0) is 4.79 Å². The molecule has 1 N–H and O–H groups in total. The van der Waals surface area contributed by atoms with Crippen LogP contribution < -0.4 is 5.32 Å². The fourth-order valence-electron chi connectivity index (χ4n) is 3.11. The number of aromatic nitrogens is 1. The molecule has 1 atom stereocenters. The topological polar surface area (TPSA) is 65.5 Å². The second kappa shape index (κ2) is 6.75. The molecule has 3 heterocycles. The standard InChI is InChI=1S/C15H19BrN4O2/c16-12-6-11(7-18-8-12)15(22)19-4-1-2-13(10-19)20-5-3-17-9-14(20)21/h6-8,13,17H,1-5,9-10H2. The Kier molecular flexibility index (Phi) is 4.73. The fraction of sp³-hybridized carbons (Fsp3) is 0.533. The molecule has 2 amide bonds. The van der Waals surface area contributed by atoms with E-state index in [0.717, 1.165) is 36.9 Å². The molecular formula is C15H19BrN4O2. The van der Waals surface area contributed by atoms with Gasteiger partial charge in [0, 0.05) is 49.1 Å². The number of piperidine rings is 1. The van der Waals surface area contributed by atoms with Crippen LogP contribution >= 0.6 is 15.9 Å². The van der Waals surface area contributed by atoms with Gasteiger partial charge in [-0.15, -0.1) is 0 Å². The summed E-state index contributed by atoms with van der Waals surface area (Å²) in [6.45, 7) is 3.30. The van der Waals surface area contributed by atoms with Crippen molar-refractivity contribution in [2.24, 2.45) is 0 Å². The van der Waals surface area contributed by atoms with Crippen molar-refractivity contribution in [2.45, 2.75) is 18.9 Å². The highest BCUT2D eigenvalue weighted by Gasteiger charge is 2.31. The summed E-state index contributed by atoms with van der Waals surface area (Å²) in [5, 5.41) is 3.08. The SMILES string of the molecule is O=C(c1cncc(Br)c1)N1CCCC(N2CCNCC2=O)C1. The highest BCUT2D eigenvalue weighted by Crippen LogP contribution is 2.20. The van der Waals surface area contributed by atoms with Crippen LogP contribution in [0.5, 0.6) is 0 Å². The van der Waals surface area contributed by atoms with E-state index in [4.69, 9.17) is 0 Å². The summed E-state index contributed by atoms with van der Waals surface area (Å²) in [6.07, 6.45) is 5.14. The zero-order chi connectivity index (χ0) is 15.5. The van der Waals surface area contributed by atoms with Crippen molar-refractivity contribution >= 4 is 27.7 Å². The number of nitrogens with one attached hydrogen (secondary N) is 1. The van der Waals surface area contributed by atoms with Gasteiger partial charge in [0.2, 0.25) is 5.91 Å². The third-order valence-electron chi connectivity index (χ3n) is 4.20. The predicted molar refractivity (Wildman–Crippen MR) is 85.4 cm³/mol. The molecule has 2 fully saturated rings. The van der Waals surface area contributed by atoms with Gasteiger partial charge in [-0.3, -0.25) is 14.6 Å². The monoisotopic (exact) mass is 366 g/mol. The van der Waals surface area contributed by atoms with Crippen molar-refractivity contribution in [3.63, 3.8) is 0 Å². The van der Waals surface area contributed by atoms with Gasteiger partial charge in [0.15, 0.2) is 0 Å². The Bertz CT molecular complexity index is 580. The van der Waals surface area contributed by atoms with E-state index in [-0.39, 0.29) is 17.9 Å². The maximum atomic E-state index is 12.6. The van der Waals surface area contributed by atoms with E-state index >= 15 is 0 Å². The van der Waals surface area contributed by atoms with Gasteiger partial charge in [-0.05, 0) is 34.8 Å². The summed E-state index contributed by atoms with van der Waals surface area (Å²) >= 11 is 3.34. The van der Waals surface area contributed by atoms with Crippen LogP contribution in [0.3, 0.4) is 0 Å². The van der Waals surface area contributed by atoms with Crippen LogP contribution in [0.2, 0.25) is 0 Å². The van der Waals surface area contributed by atoms with Gasteiger partial charge in [-0.25, -0.2) is 0 Å². The molecule has 1 aromatic heterocycles. The van der Waals surface area contributed by atoms with Crippen LogP contribution in [0.4, 0.5) is 0 Å². The van der Waals surface area contributed by atoms with Crippen molar-refractivity contribution < 1.29 is 9.59 Å². The molecule has 0 spiro atoms. The van der Waals surface area contributed by atoms with Crippen LogP contribution in [0.1, 0.15) is 23.2 Å². The van der Waals surface area contributed by atoms with E-state index in [1.807, 2.05) is 9.80 Å². The highest BCUT2D eigenvalue weighted by molar-refractivity contribution is 9.10. The Hall–Kier alpha value is -1.47. The van der Waals surface area contributed by atoms with Gasteiger partial charge in [-0.1, -0.05) is 0 Å². The second-order valence-corrected chi connectivity index (χ2v) is 6.62. The molecule has 7 heteroatoms. The van der Waals surface area contributed by atoms with Gasteiger partial charge in [0.1, 0.15) is 0 Å². The number of hydrogen-bond acceptors (Lipinski definition) is 4. The first kappa shape index (κ1) is 15.4. The maximum Gasteiger partial charge on any atom is 0.255 e. The van der Waals surface area contributed by atoms with Gasteiger partial charge < -0.3 is 15.1 Å². The quantitative estimate of drug-likeness (QED) is 0.843. The summed E-state index contributed by atoms with van der Waals surface area (Å²) in [6, 6.07) is 1.92. The Morgan fingerprint density at radius 2 is 2.23 bits per heavy atom. The van der Waals surface area contributed by atoms with E-state index < -0.39 is 0 Å². The molecule has 0 saturated carbocycles. The summed E-state index contributed by atoms with van der Waals surface area (Å²) < 4.78 is 0.796. The molecule has 0 aromatic carbocycles. The third kappa shape index (κ3) is 3.30. The number of halogens is 1. The Balaban J connectivity index is 1.70. The number of carbonyl (C=O) groups excluding carboxylic acids is 2. The molecular weight excluding hydrogens is 348 g/mol. The van der Waals surface area contributed by atoms with Crippen LogP contribution in [-0.4, -0.2) is 65.4 Å². The number of amides is 2. The highest BCUT2D eigenvalue weighted by atomic mass is 79.9. The number of piperazine rings is 1. The van der Waals surface area contributed by atoms with E-state index in [0.29, 0.717) is 18.7 Å². The number of pyridine rings is 1. The summed E-state index contributed by atoms with van der Waals surface area (Å²) in [4.78, 5) is 32.5. The smallest absolute Gasteiger partial charge is 0.255 e. The molecule has 0 aliphatic carbocycles. The Morgan fingerprint density at radius 1 is 1.36 bits per heavy atom. The third-order valence-corrected chi connectivity index (χ3v) is 4.64. The minimum Gasteiger partial charge on any atom is -0.337 e. The van der Waals surface area contributed by atoms with Gasteiger partial charge in [0.05, 0.1) is 12.1 Å². The van der Waals surface area contributed by atoms with E-state index in [1.165, 1.54) is 0 Å². The normalized spacial score (nSPS) is 22.8. The van der Waals surface area contributed by atoms with E-state index in [2.05, 4.69) is 26.2 Å². The lowest BCUT2D eigenvalue weighted by atomic mass is 10.0. The molecule has 2 aliphatic rings. The van der Waals surface area contributed by atoms with E-state index in [9.17, 15) is 9.59 Å². The Labute approximate surface area is 138 Å². The lowest BCUT2D eigenvalue weighted by Crippen LogP contribution is -2.57. The predicted octanol–water partition coefficient (Wildman–Crippen LogP) is 0.880. The second-order valence-electron chi connectivity index (χ2n) is 5.70. The summed E-state index contributed by atoms with van der Waals surface area (Å²) in [5.74, 6) is 0.121. The van der Waals surface area contributed by atoms with Gasteiger partial charge in [-0.2, -0.15) is 0 Å². The molecule has 1 aromatic rings. The first-order valence-corrected chi connectivity index (χ1v) is 8.34. The van der Waals surface area contributed by atoms with E-state index in [1.54, 1.807) is 18.5 Å². The molecule has 2 saturated heterocycles. The van der Waals surface area contributed by atoms with Crippen LogP contribution in [0, 0.1) is 0 Å². The molecule has 6 nitrogen and oxygen atoms in total. The van der Waals surface area contributed by atoms with Crippen molar-refractivity contribution in [1.29, 1.82) is 0 Å². The number of nitrogens with zero attached hydrogens (tertiary/aromatic N) is 3. The fourth-order valence-corrected chi connectivity index (χ4v) is 3.48. The van der Waals surface area contributed by atoms with Crippen molar-refractivity contribution in [3.05, 3.63) is 28.5 Å². The average Bonchev–Trinajstić information content (AvgIpc) is 2.55. The van der Waals surface area contributed by atoms with Crippen molar-refractivity contribution in [2.75, 3.05) is 32.7 Å². The molecule has 0 bridgehead atoms. The Morgan fingerprint density at radius 3 is 3.00 bits per heavy atom. The van der Waals surface area contributed by atoms with Crippen molar-refractivity contribution in [1.82, 2.24) is 20.1 Å². The zero-order valence-corrected chi connectivity index (χ0v) is 13.9. The molecule has 0 radical (unpaired) electrons. The van der Waals surface area contributed by atoms with Crippen LogP contribution in [0.15, 0.2) is 22.9 Å². The first-order chi connectivity index (χ1) is 10.6. The lowest BCUT2D eigenvalue weighted by molar-refractivity contribution is -0.135. The number of rotatable bonds is 2. The number of likely N-dealkylation sites (tertiary alicyclic amines) is 1. The summed E-state index contributed by atoms with van der Waals surface area (Å²) in [5.41, 5.74) is 0.585. The molecule has 3 rings (SSSR count). The molecule has 1 unspecified atom stereocenters. The van der Waals surface area contributed by atoms with Gasteiger partial charge in [0.25, 0.3) is 5.91 Å². The number of carbonyl (C=O) groups is 2. The minimum absolute atomic E-state index is 0.0129. The van der Waals surface area contributed by atoms with Gasteiger partial charge >= 0.3 is 0 Å². The minimum atomic E-state index is -0.0129.